The van der Waals surface area contributed by atoms with Crippen molar-refractivity contribution in [1.82, 2.24) is 20.0 Å². The van der Waals surface area contributed by atoms with Gasteiger partial charge in [0.25, 0.3) is 5.91 Å². The molecule has 0 saturated heterocycles. The maximum atomic E-state index is 12.9. The van der Waals surface area contributed by atoms with Crippen LogP contribution in [0.5, 0.6) is 5.75 Å². The van der Waals surface area contributed by atoms with Crippen LogP contribution >= 0.6 is 0 Å². The molecule has 6 nitrogen and oxygen atoms in total. The number of methoxy groups -OCH3 is 1. The van der Waals surface area contributed by atoms with E-state index in [0.717, 1.165) is 35.8 Å². The molecule has 1 heterocycles. The second kappa shape index (κ2) is 8.85. The molecule has 0 aliphatic heterocycles. The third kappa shape index (κ3) is 4.43. The van der Waals surface area contributed by atoms with Crippen LogP contribution in [-0.2, 0) is 6.42 Å². The molecule has 0 spiro atoms. The number of amides is 1. The molecule has 0 atom stereocenters. The Kier molecular flexibility index (Phi) is 6.80. The monoisotopic (exact) mass is 358 g/mol. The molecular formula is C20H30N4O2. The van der Waals surface area contributed by atoms with E-state index in [1.165, 1.54) is 0 Å². The normalized spacial score (nSPS) is 11.2. The number of carbonyl (C=O) groups excluding carboxylic acids is 1. The van der Waals surface area contributed by atoms with Gasteiger partial charge in [-0.25, -0.2) is 4.68 Å². The average Bonchev–Trinajstić information content (AvgIpc) is 3.01. The SMILES string of the molecule is CCc1c(C(=O)NCCN(C)C)c(C(C)C)nn1-c1ccc(OC)cc1. The molecule has 0 aliphatic rings. The number of benzene rings is 1. The second-order valence-corrected chi connectivity index (χ2v) is 6.88. The number of rotatable bonds is 8. The average molecular weight is 358 g/mol. The molecule has 0 aliphatic carbocycles. The minimum Gasteiger partial charge on any atom is -0.497 e. The molecule has 1 N–H and O–H groups in total. The maximum absolute atomic E-state index is 12.9. The van der Waals surface area contributed by atoms with E-state index in [9.17, 15) is 4.79 Å². The van der Waals surface area contributed by atoms with Gasteiger partial charge in [0, 0.05) is 13.1 Å². The second-order valence-electron chi connectivity index (χ2n) is 6.88. The number of hydrogen-bond acceptors (Lipinski definition) is 4. The van der Waals surface area contributed by atoms with Gasteiger partial charge < -0.3 is 15.0 Å². The summed E-state index contributed by atoms with van der Waals surface area (Å²) in [6.45, 7) is 7.60. The van der Waals surface area contributed by atoms with Crippen LogP contribution in [0.15, 0.2) is 24.3 Å². The van der Waals surface area contributed by atoms with Gasteiger partial charge in [0.2, 0.25) is 0 Å². The summed E-state index contributed by atoms with van der Waals surface area (Å²) < 4.78 is 7.12. The van der Waals surface area contributed by atoms with Crippen LogP contribution in [0.3, 0.4) is 0 Å². The fourth-order valence-corrected chi connectivity index (χ4v) is 2.87. The van der Waals surface area contributed by atoms with E-state index in [4.69, 9.17) is 9.84 Å². The van der Waals surface area contributed by atoms with E-state index in [2.05, 4.69) is 26.1 Å². The van der Waals surface area contributed by atoms with Crippen molar-refractivity contribution in [3.05, 3.63) is 41.2 Å². The first-order valence-electron chi connectivity index (χ1n) is 9.08. The lowest BCUT2D eigenvalue weighted by molar-refractivity contribution is 0.0949. The van der Waals surface area contributed by atoms with E-state index >= 15 is 0 Å². The zero-order valence-corrected chi connectivity index (χ0v) is 16.7. The summed E-state index contributed by atoms with van der Waals surface area (Å²) >= 11 is 0. The molecule has 0 saturated carbocycles. The lowest BCUT2D eigenvalue weighted by Gasteiger charge is -2.12. The Morgan fingerprint density at radius 1 is 1.27 bits per heavy atom. The van der Waals surface area contributed by atoms with E-state index in [1.54, 1.807) is 7.11 Å². The van der Waals surface area contributed by atoms with Crippen molar-refractivity contribution in [3.8, 4) is 11.4 Å². The Balaban J connectivity index is 2.42. The summed E-state index contributed by atoms with van der Waals surface area (Å²) in [6, 6.07) is 7.73. The zero-order valence-electron chi connectivity index (χ0n) is 16.7. The van der Waals surface area contributed by atoms with Gasteiger partial charge >= 0.3 is 0 Å². The van der Waals surface area contributed by atoms with Crippen LogP contribution in [0.2, 0.25) is 0 Å². The van der Waals surface area contributed by atoms with E-state index in [1.807, 2.05) is 47.9 Å². The lowest BCUT2D eigenvalue weighted by Crippen LogP contribution is -2.32. The predicted octanol–water partition coefficient (Wildman–Crippen LogP) is 2.86. The van der Waals surface area contributed by atoms with Crippen LogP contribution in [-0.4, -0.2) is 54.9 Å². The Labute approximate surface area is 156 Å². The molecule has 1 aromatic carbocycles. The van der Waals surface area contributed by atoms with Crippen molar-refractivity contribution in [2.75, 3.05) is 34.3 Å². The van der Waals surface area contributed by atoms with Gasteiger partial charge in [-0.15, -0.1) is 0 Å². The molecule has 0 unspecified atom stereocenters. The molecule has 0 fully saturated rings. The third-order valence-electron chi connectivity index (χ3n) is 4.28. The molecule has 1 amide bonds. The lowest BCUT2D eigenvalue weighted by atomic mass is 10.0. The van der Waals surface area contributed by atoms with Crippen molar-refractivity contribution in [2.45, 2.75) is 33.1 Å². The molecule has 26 heavy (non-hydrogen) atoms. The van der Waals surface area contributed by atoms with E-state index in [-0.39, 0.29) is 11.8 Å². The Morgan fingerprint density at radius 2 is 1.92 bits per heavy atom. The standard InChI is InChI=1S/C20H30N4O2/c1-7-17-18(20(25)21-12-13-23(4)5)19(14(2)3)22-24(17)15-8-10-16(26-6)11-9-15/h8-11,14H,7,12-13H2,1-6H3,(H,21,25). The molecule has 6 heteroatoms. The highest BCUT2D eigenvalue weighted by Gasteiger charge is 2.25. The number of nitrogens with one attached hydrogen (secondary N) is 1. The number of likely N-dealkylation sites (N-methyl/N-ethyl adjacent to an activating group) is 1. The molecule has 1 aromatic heterocycles. The Hall–Kier alpha value is -2.34. The Bertz CT molecular complexity index is 733. The summed E-state index contributed by atoms with van der Waals surface area (Å²) in [4.78, 5) is 14.9. The van der Waals surface area contributed by atoms with Gasteiger partial charge in [-0.05, 0) is 50.7 Å². The van der Waals surface area contributed by atoms with Crippen molar-refractivity contribution in [2.24, 2.45) is 0 Å². The van der Waals surface area contributed by atoms with Crippen LogP contribution in [0.1, 0.15) is 48.4 Å². The van der Waals surface area contributed by atoms with Crippen LogP contribution < -0.4 is 10.1 Å². The summed E-state index contributed by atoms with van der Waals surface area (Å²) in [5.74, 6) is 0.909. The highest BCUT2D eigenvalue weighted by molar-refractivity contribution is 5.96. The molecule has 0 radical (unpaired) electrons. The van der Waals surface area contributed by atoms with Gasteiger partial charge in [-0.2, -0.15) is 5.10 Å². The molecule has 0 bridgehead atoms. The topological polar surface area (TPSA) is 59.4 Å². The summed E-state index contributed by atoms with van der Waals surface area (Å²) in [5, 5.41) is 7.80. The molecule has 2 rings (SSSR count). The zero-order chi connectivity index (χ0) is 19.3. The molecule has 142 valence electrons. The largest absolute Gasteiger partial charge is 0.497 e. The number of hydrogen-bond donors (Lipinski definition) is 1. The number of aromatic nitrogens is 2. The van der Waals surface area contributed by atoms with Crippen molar-refractivity contribution >= 4 is 5.91 Å². The van der Waals surface area contributed by atoms with E-state index < -0.39 is 0 Å². The molecule has 2 aromatic rings. The minimum atomic E-state index is -0.0489. The number of nitrogens with zero attached hydrogens (tertiary/aromatic N) is 3. The predicted molar refractivity (Wildman–Crippen MR) is 104 cm³/mol. The minimum absolute atomic E-state index is 0.0489. The summed E-state index contributed by atoms with van der Waals surface area (Å²) in [5.41, 5.74) is 3.40. The fourth-order valence-electron chi connectivity index (χ4n) is 2.87. The van der Waals surface area contributed by atoms with Crippen molar-refractivity contribution in [1.29, 1.82) is 0 Å². The number of carbonyl (C=O) groups is 1. The third-order valence-corrected chi connectivity index (χ3v) is 4.28. The van der Waals surface area contributed by atoms with Crippen LogP contribution in [0, 0.1) is 0 Å². The first-order chi connectivity index (χ1) is 12.4. The molecular weight excluding hydrogens is 328 g/mol. The summed E-state index contributed by atoms with van der Waals surface area (Å²) in [7, 11) is 5.63. The smallest absolute Gasteiger partial charge is 0.255 e. The fraction of sp³-hybridized carbons (Fsp3) is 0.500. The van der Waals surface area contributed by atoms with Gasteiger partial charge in [0.1, 0.15) is 5.75 Å². The van der Waals surface area contributed by atoms with Crippen molar-refractivity contribution in [3.63, 3.8) is 0 Å². The highest BCUT2D eigenvalue weighted by atomic mass is 16.5. The summed E-state index contributed by atoms with van der Waals surface area (Å²) in [6.07, 6.45) is 0.724. The maximum Gasteiger partial charge on any atom is 0.255 e. The first-order valence-corrected chi connectivity index (χ1v) is 9.08. The van der Waals surface area contributed by atoms with Gasteiger partial charge in [0.15, 0.2) is 0 Å². The van der Waals surface area contributed by atoms with Gasteiger partial charge in [-0.3, -0.25) is 4.79 Å². The van der Waals surface area contributed by atoms with Crippen LogP contribution in [0.4, 0.5) is 0 Å². The van der Waals surface area contributed by atoms with Gasteiger partial charge in [0.05, 0.1) is 29.7 Å². The van der Waals surface area contributed by atoms with Crippen molar-refractivity contribution < 1.29 is 9.53 Å². The highest BCUT2D eigenvalue weighted by Crippen LogP contribution is 2.26. The first kappa shape index (κ1) is 20.0. The quantitative estimate of drug-likeness (QED) is 0.788. The van der Waals surface area contributed by atoms with E-state index in [0.29, 0.717) is 12.1 Å². The van der Waals surface area contributed by atoms with Crippen LogP contribution in [0.25, 0.3) is 5.69 Å². The van der Waals surface area contributed by atoms with Gasteiger partial charge in [-0.1, -0.05) is 20.8 Å². The number of ether oxygens (including phenoxy) is 1. The Morgan fingerprint density at radius 3 is 2.42 bits per heavy atom.